The molecule has 0 saturated carbocycles. The number of fused-ring (bicyclic) bond motifs is 1. The molecule has 8 heteroatoms. The molecule has 0 unspecified atom stereocenters. The van der Waals surface area contributed by atoms with Crippen molar-refractivity contribution in [1.82, 2.24) is 19.5 Å². The van der Waals surface area contributed by atoms with Crippen molar-refractivity contribution < 1.29 is 14.7 Å². The van der Waals surface area contributed by atoms with Crippen molar-refractivity contribution in [2.24, 2.45) is 0 Å². The van der Waals surface area contributed by atoms with E-state index in [1.54, 1.807) is 4.52 Å². The average molecular weight is 332 g/mol. The van der Waals surface area contributed by atoms with Gasteiger partial charge in [0.15, 0.2) is 5.65 Å². The van der Waals surface area contributed by atoms with Gasteiger partial charge in [-0.1, -0.05) is 0 Å². The molecule has 3 heterocycles. The minimum atomic E-state index is -0.943. The summed E-state index contributed by atoms with van der Waals surface area (Å²) in [6, 6.07) is 0.720. The molecule has 0 bridgehead atoms. The van der Waals surface area contributed by atoms with E-state index in [-0.39, 0.29) is 17.9 Å². The molecule has 8 nitrogen and oxygen atoms in total. The maximum atomic E-state index is 12.4. The second kappa shape index (κ2) is 6.10. The number of H-pyrrole nitrogens is 1. The van der Waals surface area contributed by atoms with Gasteiger partial charge in [-0.25, -0.2) is 14.3 Å². The Morgan fingerprint density at radius 1 is 1.42 bits per heavy atom. The van der Waals surface area contributed by atoms with Crippen LogP contribution in [0.15, 0.2) is 10.9 Å². The van der Waals surface area contributed by atoms with Crippen molar-refractivity contribution in [3.8, 4) is 0 Å². The Balaban J connectivity index is 1.79. The number of likely N-dealkylation sites (tertiary alicyclic amines) is 1. The van der Waals surface area contributed by atoms with Crippen LogP contribution in [0.2, 0.25) is 0 Å². The lowest BCUT2D eigenvalue weighted by Gasteiger charge is -2.21. The lowest BCUT2D eigenvalue weighted by molar-refractivity contribution is -0.148. The molecule has 1 aliphatic heterocycles. The lowest BCUT2D eigenvalue weighted by Crippen LogP contribution is -2.40. The third kappa shape index (κ3) is 2.79. The van der Waals surface area contributed by atoms with E-state index < -0.39 is 12.0 Å². The van der Waals surface area contributed by atoms with Gasteiger partial charge in [-0.3, -0.25) is 14.7 Å². The minimum Gasteiger partial charge on any atom is -0.480 e. The predicted molar refractivity (Wildman–Crippen MR) is 86.0 cm³/mol. The van der Waals surface area contributed by atoms with Gasteiger partial charge < -0.3 is 10.0 Å². The molecule has 0 aromatic carbocycles. The fourth-order valence-electron chi connectivity index (χ4n) is 3.41. The Kier molecular flexibility index (Phi) is 4.13. The van der Waals surface area contributed by atoms with Gasteiger partial charge in [0, 0.05) is 30.4 Å². The van der Waals surface area contributed by atoms with Gasteiger partial charge in [-0.15, -0.1) is 0 Å². The van der Waals surface area contributed by atoms with Crippen LogP contribution < -0.4 is 5.56 Å². The Bertz CT molecular complexity index is 867. The zero-order valence-corrected chi connectivity index (χ0v) is 13.7. The fourth-order valence-corrected chi connectivity index (χ4v) is 3.41. The van der Waals surface area contributed by atoms with Crippen molar-refractivity contribution in [3.05, 3.63) is 33.4 Å². The highest BCUT2D eigenvalue weighted by atomic mass is 16.4. The smallest absolute Gasteiger partial charge is 0.326 e. The van der Waals surface area contributed by atoms with E-state index in [4.69, 9.17) is 0 Å². The first kappa shape index (κ1) is 16.2. The van der Waals surface area contributed by atoms with Crippen LogP contribution in [0.25, 0.3) is 5.65 Å². The van der Waals surface area contributed by atoms with Crippen LogP contribution in [-0.2, 0) is 16.0 Å². The summed E-state index contributed by atoms with van der Waals surface area (Å²) in [7, 11) is 0. The summed E-state index contributed by atoms with van der Waals surface area (Å²) in [5.74, 6) is -1.10. The predicted octanol–water partition coefficient (Wildman–Crippen LogP) is 0.648. The summed E-state index contributed by atoms with van der Waals surface area (Å²) in [5, 5.41) is 11.9. The van der Waals surface area contributed by atoms with Crippen molar-refractivity contribution in [2.45, 2.75) is 45.6 Å². The van der Waals surface area contributed by atoms with E-state index in [0.29, 0.717) is 25.0 Å². The zero-order chi connectivity index (χ0) is 17.4. The second-order valence-corrected chi connectivity index (χ2v) is 6.16. The standard InChI is InChI=1S/C16H20N4O4/c1-9-11(10(2)20-13(17-9)8-14(21)18-20)5-6-15(22)19-7-3-4-12(19)16(23)24/h8,12H,3-7H2,1-2H3,(H,18,21)(H,23,24)/t12-/m1/s1. The first-order chi connectivity index (χ1) is 11.4. The molecule has 0 radical (unpaired) electrons. The second-order valence-electron chi connectivity index (χ2n) is 6.16. The molecule has 2 aromatic heterocycles. The van der Waals surface area contributed by atoms with E-state index in [1.165, 1.54) is 11.0 Å². The number of hydrogen-bond donors (Lipinski definition) is 2. The van der Waals surface area contributed by atoms with Crippen LogP contribution in [0.5, 0.6) is 0 Å². The molecule has 128 valence electrons. The van der Waals surface area contributed by atoms with Crippen LogP contribution in [-0.4, -0.2) is 49.1 Å². The number of carboxylic acid groups (broad SMARTS) is 1. The highest BCUT2D eigenvalue weighted by Crippen LogP contribution is 2.20. The van der Waals surface area contributed by atoms with Gasteiger partial charge >= 0.3 is 5.97 Å². The Hall–Kier alpha value is -2.64. The molecule has 2 aromatic rings. The number of rotatable bonds is 4. The average Bonchev–Trinajstić information content (AvgIpc) is 3.13. The van der Waals surface area contributed by atoms with Gasteiger partial charge in [0.2, 0.25) is 5.91 Å². The summed E-state index contributed by atoms with van der Waals surface area (Å²) in [6.07, 6.45) is 1.92. The number of amides is 1. The van der Waals surface area contributed by atoms with Crippen molar-refractivity contribution >= 4 is 17.5 Å². The number of aromatic amines is 1. The SMILES string of the molecule is Cc1nc2cc(=O)[nH]n2c(C)c1CCC(=O)N1CCC[C@@H]1C(=O)O. The fraction of sp³-hybridized carbons (Fsp3) is 0.500. The quantitative estimate of drug-likeness (QED) is 0.854. The first-order valence-electron chi connectivity index (χ1n) is 7.98. The molecule has 0 spiro atoms. The van der Waals surface area contributed by atoms with Crippen LogP contribution >= 0.6 is 0 Å². The number of carbonyl (C=O) groups is 2. The number of aliphatic carboxylic acids is 1. The third-order valence-electron chi connectivity index (χ3n) is 4.65. The number of carboxylic acids is 1. The minimum absolute atomic E-state index is 0.153. The van der Waals surface area contributed by atoms with Crippen molar-refractivity contribution in [3.63, 3.8) is 0 Å². The van der Waals surface area contributed by atoms with Crippen molar-refractivity contribution in [2.75, 3.05) is 6.54 Å². The molecule has 0 aliphatic carbocycles. The largest absolute Gasteiger partial charge is 0.480 e. The number of aryl methyl sites for hydroxylation is 2. The number of nitrogens with one attached hydrogen (secondary N) is 1. The van der Waals surface area contributed by atoms with E-state index in [2.05, 4.69) is 10.1 Å². The number of carbonyl (C=O) groups excluding carboxylic acids is 1. The van der Waals surface area contributed by atoms with Crippen molar-refractivity contribution in [1.29, 1.82) is 0 Å². The van der Waals surface area contributed by atoms with E-state index in [1.807, 2.05) is 13.8 Å². The first-order valence-corrected chi connectivity index (χ1v) is 7.98. The molecule has 1 fully saturated rings. The maximum Gasteiger partial charge on any atom is 0.326 e. The monoisotopic (exact) mass is 332 g/mol. The third-order valence-corrected chi connectivity index (χ3v) is 4.65. The maximum absolute atomic E-state index is 12.4. The molecule has 1 atom stereocenters. The van der Waals surface area contributed by atoms with E-state index in [0.717, 1.165) is 23.4 Å². The van der Waals surface area contributed by atoms with Gasteiger partial charge in [-0.05, 0) is 38.7 Å². The zero-order valence-electron chi connectivity index (χ0n) is 13.7. The summed E-state index contributed by atoms with van der Waals surface area (Å²) in [6.45, 7) is 4.21. The van der Waals surface area contributed by atoms with Crippen LogP contribution in [0, 0.1) is 13.8 Å². The summed E-state index contributed by atoms with van der Waals surface area (Å²) in [4.78, 5) is 40.9. The molecule has 2 N–H and O–H groups in total. The summed E-state index contributed by atoms with van der Waals surface area (Å²) < 4.78 is 1.62. The lowest BCUT2D eigenvalue weighted by atomic mass is 10.1. The van der Waals surface area contributed by atoms with Crippen LogP contribution in [0.4, 0.5) is 0 Å². The van der Waals surface area contributed by atoms with Gasteiger partial charge in [0.25, 0.3) is 5.56 Å². The van der Waals surface area contributed by atoms with Gasteiger partial charge in [0.1, 0.15) is 6.04 Å². The summed E-state index contributed by atoms with van der Waals surface area (Å²) >= 11 is 0. The topological polar surface area (TPSA) is 108 Å². The van der Waals surface area contributed by atoms with Gasteiger partial charge in [0.05, 0.1) is 0 Å². The van der Waals surface area contributed by atoms with Crippen LogP contribution in [0.3, 0.4) is 0 Å². The van der Waals surface area contributed by atoms with E-state index in [9.17, 15) is 19.5 Å². The molecular formula is C16H20N4O4. The van der Waals surface area contributed by atoms with Gasteiger partial charge in [-0.2, -0.15) is 0 Å². The molecule has 3 rings (SSSR count). The normalized spacial score (nSPS) is 17.6. The summed E-state index contributed by atoms with van der Waals surface area (Å²) in [5.41, 5.74) is 2.84. The Labute approximate surface area is 138 Å². The Morgan fingerprint density at radius 2 is 2.17 bits per heavy atom. The highest BCUT2D eigenvalue weighted by Gasteiger charge is 2.33. The number of aromatic nitrogens is 3. The molecule has 1 saturated heterocycles. The molecule has 24 heavy (non-hydrogen) atoms. The van der Waals surface area contributed by atoms with Crippen LogP contribution in [0.1, 0.15) is 36.2 Å². The number of hydrogen-bond acceptors (Lipinski definition) is 4. The molecular weight excluding hydrogens is 312 g/mol. The number of nitrogens with zero attached hydrogens (tertiary/aromatic N) is 3. The molecule has 1 amide bonds. The Morgan fingerprint density at radius 3 is 2.88 bits per heavy atom. The van der Waals surface area contributed by atoms with E-state index >= 15 is 0 Å². The highest BCUT2D eigenvalue weighted by molar-refractivity contribution is 5.84. The molecule has 1 aliphatic rings.